The molecule has 1 heterocycles. The summed E-state index contributed by atoms with van der Waals surface area (Å²) < 4.78 is 11.5. The Balaban J connectivity index is 2.66. The minimum Gasteiger partial charge on any atom is -0.323 e. The second-order valence-electron chi connectivity index (χ2n) is 1.85. The van der Waals surface area contributed by atoms with E-state index in [4.69, 9.17) is 9.79 Å². The van der Waals surface area contributed by atoms with Gasteiger partial charge in [0.2, 0.25) is 0 Å². The predicted octanol–water partition coefficient (Wildman–Crippen LogP) is 0.0183. The third-order valence-electron chi connectivity index (χ3n) is 0.888. The first kappa shape index (κ1) is 7.47. The van der Waals surface area contributed by atoms with Crippen LogP contribution in [0.1, 0.15) is 0 Å². The van der Waals surface area contributed by atoms with Gasteiger partial charge >= 0.3 is 7.60 Å². The summed E-state index contributed by atoms with van der Waals surface area (Å²) in [6.45, 7) is 0. The lowest BCUT2D eigenvalue weighted by molar-refractivity contribution is 0.359. The van der Waals surface area contributed by atoms with Crippen molar-refractivity contribution >= 4 is 7.60 Å². The number of hydrogen-bond donors (Lipinski definition) is 2. The largest absolute Gasteiger partial charge is 0.346 e. The molecule has 1 rings (SSSR count). The van der Waals surface area contributed by atoms with Crippen molar-refractivity contribution in [3.63, 3.8) is 0 Å². The van der Waals surface area contributed by atoms with Crippen LogP contribution in [0.2, 0.25) is 0 Å². The number of hydrogen-bond acceptors (Lipinski definition) is 2. The first-order valence-electron chi connectivity index (χ1n) is 2.60. The van der Waals surface area contributed by atoms with E-state index in [1.54, 1.807) is 6.07 Å². The third-order valence-corrected chi connectivity index (χ3v) is 1.55. The van der Waals surface area contributed by atoms with Crippen molar-refractivity contribution in [3.05, 3.63) is 18.5 Å². The molecule has 0 aliphatic rings. The van der Waals surface area contributed by atoms with Gasteiger partial charge in [-0.15, -0.1) is 0 Å². The van der Waals surface area contributed by atoms with Crippen molar-refractivity contribution in [2.24, 2.45) is 0 Å². The average Bonchev–Trinajstić information content (AvgIpc) is 2.12. The maximum atomic E-state index is 10.3. The van der Waals surface area contributed by atoms with Crippen molar-refractivity contribution < 1.29 is 14.4 Å². The minimum absolute atomic E-state index is 0.347. The van der Waals surface area contributed by atoms with Crippen LogP contribution in [0.5, 0.6) is 0 Å². The van der Waals surface area contributed by atoms with Crippen LogP contribution in [0.15, 0.2) is 18.5 Å². The molecule has 0 spiro atoms. The van der Waals surface area contributed by atoms with Gasteiger partial charge in [-0.25, -0.2) is 0 Å². The van der Waals surface area contributed by atoms with E-state index in [-0.39, 0.29) is 6.29 Å². The van der Waals surface area contributed by atoms with Gasteiger partial charge in [0.25, 0.3) is 0 Å². The Morgan fingerprint density at radius 2 is 2.30 bits per heavy atom. The summed E-state index contributed by atoms with van der Waals surface area (Å²) >= 11 is 0. The lowest BCUT2D eigenvalue weighted by Crippen LogP contribution is -1.97. The van der Waals surface area contributed by atoms with E-state index >= 15 is 0 Å². The summed E-state index contributed by atoms with van der Waals surface area (Å²) in [4.78, 5) is 16.9. The SMILES string of the molecule is O=P(O)(O)Cn1cccn1. The highest BCUT2D eigenvalue weighted by Crippen LogP contribution is 2.35. The topological polar surface area (TPSA) is 75.3 Å². The molecule has 10 heavy (non-hydrogen) atoms. The fourth-order valence-corrected chi connectivity index (χ4v) is 1.12. The number of nitrogens with zero attached hydrogens (tertiary/aromatic N) is 2. The summed E-state index contributed by atoms with van der Waals surface area (Å²) in [5, 5.41) is 3.63. The Hall–Kier alpha value is -0.640. The fourth-order valence-electron chi connectivity index (χ4n) is 0.573. The van der Waals surface area contributed by atoms with Gasteiger partial charge in [0.05, 0.1) is 0 Å². The van der Waals surface area contributed by atoms with Crippen molar-refractivity contribution in [2.75, 3.05) is 0 Å². The molecule has 0 saturated heterocycles. The molecule has 56 valence electrons. The van der Waals surface area contributed by atoms with E-state index in [0.717, 1.165) is 0 Å². The Morgan fingerprint density at radius 1 is 1.60 bits per heavy atom. The Bertz CT molecular complexity index is 239. The van der Waals surface area contributed by atoms with Gasteiger partial charge in [-0.05, 0) is 6.07 Å². The van der Waals surface area contributed by atoms with Crippen molar-refractivity contribution in [2.45, 2.75) is 6.29 Å². The molecule has 2 N–H and O–H groups in total. The van der Waals surface area contributed by atoms with Crippen LogP contribution in [0.3, 0.4) is 0 Å². The van der Waals surface area contributed by atoms with E-state index in [0.29, 0.717) is 0 Å². The maximum Gasteiger partial charge on any atom is 0.346 e. The van der Waals surface area contributed by atoms with Gasteiger partial charge in [-0.3, -0.25) is 9.25 Å². The second kappa shape index (κ2) is 2.54. The van der Waals surface area contributed by atoms with Crippen LogP contribution in [-0.2, 0) is 10.9 Å². The standard InChI is InChI=1S/C4H7N2O3P/c7-10(8,9)4-6-3-1-2-5-6/h1-3H,4H2,(H2,7,8,9). The van der Waals surface area contributed by atoms with Crippen LogP contribution in [-0.4, -0.2) is 19.6 Å². The van der Waals surface area contributed by atoms with Crippen molar-refractivity contribution in [1.29, 1.82) is 0 Å². The van der Waals surface area contributed by atoms with Gasteiger partial charge < -0.3 is 9.79 Å². The summed E-state index contributed by atoms with van der Waals surface area (Å²) in [5.41, 5.74) is 0. The molecule has 0 aromatic carbocycles. The molecular weight excluding hydrogens is 155 g/mol. The highest BCUT2D eigenvalue weighted by molar-refractivity contribution is 7.50. The van der Waals surface area contributed by atoms with Gasteiger partial charge in [0.1, 0.15) is 6.29 Å². The van der Waals surface area contributed by atoms with Gasteiger partial charge in [0.15, 0.2) is 0 Å². The first-order chi connectivity index (χ1) is 4.58. The molecule has 0 amide bonds. The van der Waals surface area contributed by atoms with E-state index in [2.05, 4.69) is 5.10 Å². The van der Waals surface area contributed by atoms with Crippen LogP contribution in [0.25, 0.3) is 0 Å². The zero-order valence-electron chi connectivity index (χ0n) is 5.08. The Labute approximate surface area is 57.5 Å². The van der Waals surface area contributed by atoms with E-state index < -0.39 is 7.60 Å². The summed E-state index contributed by atoms with van der Waals surface area (Å²) in [5.74, 6) is 0. The number of aromatic nitrogens is 2. The summed E-state index contributed by atoms with van der Waals surface area (Å²) in [7, 11) is -3.95. The highest BCUT2D eigenvalue weighted by atomic mass is 31.2. The minimum atomic E-state index is -3.95. The molecule has 0 radical (unpaired) electrons. The smallest absolute Gasteiger partial charge is 0.323 e. The quantitative estimate of drug-likeness (QED) is 0.601. The normalized spacial score (nSPS) is 11.8. The molecule has 0 unspecified atom stereocenters. The molecule has 0 atom stereocenters. The highest BCUT2D eigenvalue weighted by Gasteiger charge is 2.12. The zero-order valence-corrected chi connectivity index (χ0v) is 5.98. The molecule has 0 aliphatic carbocycles. The molecule has 0 aliphatic heterocycles. The van der Waals surface area contributed by atoms with Crippen LogP contribution < -0.4 is 0 Å². The van der Waals surface area contributed by atoms with Gasteiger partial charge in [-0.2, -0.15) is 5.10 Å². The molecule has 0 bridgehead atoms. The summed E-state index contributed by atoms with van der Waals surface area (Å²) in [6, 6.07) is 1.61. The Kier molecular flexibility index (Phi) is 1.89. The number of rotatable bonds is 2. The molecule has 5 nitrogen and oxygen atoms in total. The monoisotopic (exact) mass is 162 g/mol. The maximum absolute atomic E-state index is 10.3. The summed E-state index contributed by atoms with van der Waals surface area (Å²) in [6.07, 6.45) is 2.62. The van der Waals surface area contributed by atoms with Crippen LogP contribution >= 0.6 is 7.60 Å². The molecule has 1 aromatic rings. The van der Waals surface area contributed by atoms with E-state index in [9.17, 15) is 4.57 Å². The molecule has 0 fully saturated rings. The van der Waals surface area contributed by atoms with Crippen LogP contribution in [0, 0.1) is 0 Å². The van der Waals surface area contributed by atoms with Crippen molar-refractivity contribution in [3.8, 4) is 0 Å². The zero-order chi connectivity index (χ0) is 7.61. The average molecular weight is 162 g/mol. The van der Waals surface area contributed by atoms with E-state index in [1.807, 2.05) is 0 Å². The molecular formula is C4H7N2O3P. The third kappa shape index (κ3) is 2.31. The Morgan fingerprint density at radius 3 is 2.70 bits per heavy atom. The van der Waals surface area contributed by atoms with E-state index in [1.165, 1.54) is 17.1 Å². The van der Waals surface area contributed by atoms with Crippen molar-refractivity contribution in [1.82, 2.24) is 9.78 Å². The molecule has 6 heteroatoms. The van der Waals surface area contributed by atoms with Gasteiger partial charge in [0, 0.05) is 12.4 Å². The van der Waals surface area contributed by atoms with Gasteiger partial charge in [-0.1, -0.05) is 0 Å². The fraction of sp³-hybridized carbons (Fsp3) is 0.250. The molecule has 1 aromatic heterocycles. The first-order valence-corrected chi connectivity index (χ1v) is 4.40. The molecule has 0 saturated carbocycles. The predicted molar refractivity (Wildman–Crippen MR) is 34.3 cm³/mol. The van der Waals surface area contributed by atoms with Crippen LogP contribution in [0.4, 0.5) is 0 Å². The lowest BCUT2D eigenvalue weighted by Gasteiger charge is -2.01. The lowest BCUT2D eigenvalue weighted by atomic mass is 10.8. The second-order valence-corrected chi connectivity index (χ2v) is 3.46.